The first-order valence-corrected chi connectivity index (χ1v) is 6.14. The highest BCUT2D eigenvalue weighted by molar-refractivity contribution is 5.75. The van der Waals surface area contributed by atoms with Gasteiger partial charge in [-0.15, -0.1) is 0 Å². The summed E-state index contributed by atoms with van der Waals surface area (Å²) in [5.74, 6) is 0. The van der Waals surface area contributed by atoms with E-state index >= 15 is 0 Å². The van der Waals surface area contributed by atoms with Crippen LogP contribution in [-0.2, 0) is 6.18 Å². The molecule has 1 aliphatic rings. The van der Waals surface area contributed by atoms with Crippen molar-refractivity contribution < 1.29 is 30.7 Å². The van der Waals surface area contributed by atoms with Crippen LogP contribution in [-0.4, -0.2) is 16.8 Å². The van der Waals surface area contributed by atoms with Crippen LogP contribution in [0.5, 0.6) is 0 Å². The molecule has 1 atom stereocenters. The predicted molar refractivity (Wildman–Crippen MR) is 65.5 cm³/mol. The van der Waals surface area contributed by atoms with E-state index in [0.717, 1.165) is 25.1 Å². The fraction of sp³-hybridized carbons (Fsp3) is 0.357. The zero-order chi connectivity index (χ0) is 16.8. The summed E-state index contributed by atoms with van der Waals surface area (Å²) < 4.78 is 90.3. The summed E-state index contributed by atoms with van der Waals surface area (Å²) in [6.45, 7) is 0.777. The van der Waals surface area contributed by atoms with E-state index in [1.165, 1.54) is 0 Å². The van der Waals surface area contributed by atoms with Gasteiger partial charge >= 0.3 is 12.4 Å². The quantitative estimate of drug-likeness (QED) is 0.654. The standard InChI is InChI=1S/C14H10F7N/c1-12(15)6-5-8(7-10(12)13(16,17)18)9-3-2-4-11(22-9)14(19,20)21/h2-5,7H,6H2,1H3. The molecule has 0 fully saturated rings. The Kier molecular flexibility index (Phi) is 3.83. The smallest absolute Gasteiger partial charge is 0.243 e. The molecule has 8 heteroatoms. The van der Waals surface area contributed by atoms with E-state index in [-0.39, 0.29) is 11.3 Å². The SMILES string of the molecule is CC1(F)CC=C(c2cccc(C(F)(F)F)n2)C=C1C(F)(F)F. The molecule has 0 saturated heterocycles. The Balaban J connectivity index is 2.47. The molecule has 0 aliphatic heterocycles. The molecule has 0 spiro atoms. The first kappa shape index (κ1) is 16.5. The van der Waals surface area contributed by atoms with Crippen molar-refractivity contribution in [3.05, 3.63) is 47.3 Å². The summed E-state index contributed by atoms with van der Waals surface area (Å²) in [6.07, 6.45) is -8.60. The highest BCUT2D eigenvalue weighted by Gasteiger charge is 2.47. The van der Waals surface area contributed by atoms with Gasteiger partial charge in [0.15, 0.2) is 0 Å². The molecule has 1 aliphatic carbocycles. The number of hydrogen-bond donors (Lipinski definition) is 0. The highest BCUT2D eigenvalue weighted by atomic mass is 19.4. The molecule has 120 valence electrons. The zero-order valence-corrected chi connectivity index (χ0v) is 11.2. The van der Waals surface area contributed by atoms with Gasteiger partial charge in [0.05, 0.1) is 11.3 Å². The molecule has 0 amide bonds. The minimum Gasteiger partial charge on any atom is -0.243 e. The number of aromatic nitrogens is 1. The van der Waals surface area contributed by atoms with Crippen molar-refractivity contribution >= 4 is 5.57 Å². The second-order valence-electron chi connectivity index (χ2n) is 5.02. The van der Waals surface area contributed by atoms with Crippen LogP contribution in [0.2, 0.25) is 0 Å². The van der Waals surface area contributed by atoms with Crippen LogP contribution < -0.4 is 0 Å². The largest absolute Gasteiger partial charge is 0.433 e. The summed E-state index contributed by atoms with van der Waals surface area (Å²) in [5.41, 5.74) is -5.75. The Bertz CT molecular complexity index is 635. The summed E-state index contributed by atoms with van der Waals surface area (Å²) >= 11 is 0. The number of pyridine rings is 1. The molecule has 0 bridgehead atoms. The third-order valence-electron chi connectivity index (χ3n) is 3.21. The van der Waals surface area contributed by atoms with Crippen LogP contribution in [0.4, 0.5) is 30.7 Å². The summed E-state index contributed by atoms with van der Waals surface area (Å²) in [7, 11) is 0. The van der Waals surface area contributed by atoms with Crippen molar-refractivity contribution in [2.24, 2.45) is 0 Å². The molecule has 0 saturated carbocycles. The molecule has 22 heavy (non-hydrogen) atoms. The lowest BCUT2D eigenvalue weighted by Crippen LogP contribution is -2.32. The van der Waals surface area contributed by atoms with Crippen molar-refractivity contribution in [3.63, 3.8) is 0 Å². The van der Waals surface area contributed by atoms with Crippen LogP contribution in [0.15, 0.2) is 35.9 Å². The van der Waals surface area contributed by atoms with Crippen LogP contribution in [0.1, 0.15) is 24.7 Å². The van der Waals surface area contributed by atoms with Gasteiger partial charge in [-0.05, 0) is 30.7 Å². The molecule has 2 rings (SSSR count). The molecule has 1 aromatic rings. The van der Waals surface area contributed by atoms with Crippen molar-refractivity contribution in [3.8, 4) is 0 Å². The summed E-state index contributed by atoms with van der Waals surface area (Å²) in [5, 5.41) is 0. The van der Waals surface area contributed by atoms with Crippen LogP contribution in [0.25, 0.3) is 5.57 Å². The third-order valence-corrected chi connectivity index (χ3v) is 3.21. The van der Waals surface area contributed by atoms with Gasteiger partial charge in [-0.3, -0.25) is 0 Å². The lowest BCUT2D eigenvalue weighted by Gasteiger charge is -2.28. The van der Waals surface area contributed by atoms with E-state index in [1.54, 1.807) is 0 Å². The van der Waals surface area contributed by atoms with Gasteiger partial charge in [-0.2, -0.15) is 26.3 Å². The Hall–Kier alpha value is -1.86. The Morgan fingerprint density at radius 3 is 2.23 bits per heavy atom. The average molecular weight is 325 g/mol. The van der Waals surface area contributed by atoms with E-state index in [1.807, 2.05) is 0 Å². The highest BCUT2D eigenvalue weighted by Crippen LogP contribution is 2.43. The maximum Gasteiger partial charge on any atom is 0.433 e. The van der Waals surface area contributed by atoms with Gasteiger partial charge < -0.3 is 0 Å². The first-order chi connectivity index (χ1) is 9.91. The van der Waals surface area contributed by atoms with Crippen LogP contribution in [0.3, 0.4) is 0 Å². The summed E-state index contributed by atoms with van der Waals surface area (Å²) in [4.78, 5) is 3.30. The molecule has 0 N–H and O–H groups in total. The molecular weight excluding hydrogens is 315 g/mol. The molecule has 0 radical (unpaired) electrons. The van der Waals surface area contributed by atoms with Gasteiger partial charge in [-0.1, -0.05) is 12.1 Å². The lowest BCUT2D eigenvalue weighted by atomic mass is 9.85. The van der Waals surface area contributed by atoms with Crippen molar-refractivity contribution in [1.29, 1.82) is 0 Å². The van der Waals surface area contributed by atoms with E-state index in [2.05, 4.69) is 4.98 Å². The summed E-state index contributed by atoms with van der Waals surface area (Å²) in [6, 6.07) is 2.89. The van der Waals surface area contributed by atoms with E-state index in [9.17, 15) is 30.7 Å². The van der Waals surface area contributed by atoms with Gasteiger partial charge in [0.2, 0.25) is 0 Å². The van der Waals surface area contributed by atoms with Gasteiger partial charge in [-0.25, -0.2) is 9.37 Å². The molecule has 1 aromatic heterocycles. The molecule has 1 unspecified atom stereocenters. The zero-order valence-electron chi connectivity index (χ0n) is 11.2. The molecule has 1 nitrogen and oxygen atoms in total. The fourth-order valence-corrected chi connectivity index (χ4v) is 2.09. The fourth-order valence-electron chi connectivity index (χ4n) is 2.09. The van der Waals surface area contributed by atoms with Gasteiger partial charge in [0.25, 0.3) is 0 Å². The number of alkyl halides is 7. The number of allylic oxidation sites excluding steroid dienone is 4. The van der Waals surface area contributed by atoms with Crippen molar-refractivity contribution in [1.82, 2.24) is 4.98 Å². The predicted octanol–water partition coefficient (Wildman–Crippen LogP) is 5.10. The van der Waals surface area contributed by atoms with Gasteiger partial charge in [0, 0.05) is 6.42 Å². The second kappa shape index (κ2) is 5.10. The number of hydrogen-bond acceptors (Lipinski definition) is 1. The normalized spacial score (nSPS) is 23.1. The molecular formula is C14H10F7N. The van der Waals surface area contributed by atoms with Crippen molar-refractivity contribution in [2.75, 3.05) is 0 Å². The van der Waals surface area contributed by atoms with E-state index in [0.29, 0.717) is 12.1 Å². The number of halogens is 7. The Morgan fingerprint density at radius 2 is 1.68 bits per heavy atom. The molecule has 0 aromatic carbocycles. The third kappa shape index (κ3) is 3.31. The lowest BCUT2D eigenvalue weighted by molar-refractivity contribution is -0.141. The van der Waals surface area contributed by atoms with Crippen LogP contribution >= 0.6 is 0 Å². The number of nitrogens with zero attached hydrogens (tertiary/aromatic N) is 1. The maximum absolute atomic E-state index is 14.0. The Labute approximate surface area is 121 Å². The maximum atomic E-state index is 14.0. The van der Waals surface area contributed by atoms with Crippen molar-refractivity contribution in [2.45, 2.75) is 31.4 Å². The monoisotopic (exact) mass is 325 g/mol. The second-order valence-corrected chi connectivity index (χ2v) is 5.02. The minimum absolute atomic E-state index is 0.187. The topological polar surface area (TPSA) is 12.9 Å². The van der Waals surface area contributed by atoms with Gasteiger partial charge in [0.1, 0.15) is 11.4 Å². The van der Waals surface area contributed by atoms with E-state index < -0.39 is 35.7 Å². The van der Waals surface area contributed by atoms with E-state index in [4.69, 9.17) is 0 Å². The molecule has 1 heterocycles. The number of rotatable bonds is 1. The minimum atomic E-state index is -4.91. The average Bonchev–Trinajstić information content (AvgIpc) is 2.36. The first-order valence-electron chi connectivity index (χ1n) is 6.14. The Morgan fingerprint density at radius 1 is 1.05 bits per heavy atom. The van der Waals surface area contributed by atoms with Crippen LogP contribution in [0, 0.1) is 0 Å².